The van der Waals surface area contributed by atoms with Crippen LogP contribution in [0.5, 0.6) is 11.5 Å². The number of para-hydroxylation sites is 1. The molecule has 3 heterocycles. The summed E-state index contributed by atoms with van der Waals surface area (Å²) in [6, 6.07) is 27.2. The molecular formula is C35H41FN2O4SSe. The second kappa shape index (κ2) is 18.7. The SMILES string of the molecule is CC.CC.CC.CC.O=c1c2cc(F)ccc2sn1-c1ccc2c(c1)OCO2.O=c1c2ccccc2[se]n1-c1ccccc1. The molecule has 0 amide bonds. The Morgan fingerprint density at radius 2 is 1.30 bits per heavy atom. The van der Waals surface area contributed by atoms with Crippen molar-refractivity contribution in [3.05, 3.63) is 118 Å². The fraction of sp³-hybridized carbons (Fsp3) is 0.257. The van der Waals surface area contributed by atoms with Crippen LogP contribution in [-0.4, -0.2) is 29.0 Å². The van der Waals surface area contributed by atoms with Crippen LogP contribution in [0, 0.1) is 5.82 Å². The Morgan fingerprint density at radius 3 is 1.98 bits per heavy atom. The number of hydrogen-bond acceptors (Lipinski definition) is 5. The predicted molar refractivity (Wildman–Crippen MR) is 185 cm³/mol. The molecular weight excluding hydrogens is 642 g/mol. The first-order chi connectivity index (χ1) is 21.6. The normalized spacial score (nSPS) is 10.4. The van der Waals surface area contributed by atoms with E-state index in [1.807, 2.05) is 114 Å². The molecule has 1 aliphatic rings. The summed E-state index contributed by atoms with van der Waals surface area (Å²) in [5, 5.41) is 1.24. The van der Waals surface area contributed by atoms with Gasteiger partial charge in [0.2, 0.25) is 6.79 Å². The molecule has 0 bridgehead atoms. The molecule has 44 heavy (non-hydrogen) atoms. The van der Waals surface area contributed by atoms with Gasteiger partial charge in [-0.25, -0.2) is 8.35 Å². The van der Waals surface area contributed by atoms with Gasteiger partial charge in [-0.05, 0) is 30.3 Å². The van der Waals surface area contributed by atoms with Crippen LogP contribution in [0.2, 0.25) is 0 Å². The Labute approximate surface area is 269 Å². The second-order valence-corrected chi connectivity index (χ2v) is 11.0. The van der Waals surface area contributed by atoms with E-state index in [9.17, 15) is 14.0 Å². The van der Waals surface area contributed by atoms with Crippen LogP contribution >= 0.6 is 11.5 Å². The second-order valence-electron chi connectivity index (χ2n) is 7.89. The number of fused-ring (bicyclic) bond motifs is 3. The summed E-state index contributed by atoms with van der Waals surface area (Å²) in [6.07, 6.45) is 0. The minimum absolute atomic E-state index is 0.0784. The average Bonchev–Trinajstić information content (AvgIpc) is 3.81. The molecule has 0 saturated carbocycles. The van der Waals surface area contributed by atoms with Crippen molar-refractivity contribution in [1.82, 2.24) is 7.52 Å². The summed E-state index contributed by atoms with van der Waals surface area (Å²) in [7, 11) is 0. The molecule has 2 aromatic heterocycles. The number of hydrogen-bond donors (Lipinski definition) is 0. The maximum atomic E-state index is 13.2. The van der Waals surface area contributed by atoms with Gasteiger partial charge in [0.1, 0.15) is 5.82 Å². The first-order valence-corrected chi connectivity index (χ1v) is 17.4. The van der Waals surface area contributed by atoms with Crippen LogP contribution in [0.3, 0.4) is 0 Å². The molecule has 9 heteroatoms. The van der Waals surface area contributed by atoms with Crippen molar-refractivity contribution >= 4 is 46.0 Å². The van der Waals surface area contributed by atoms with Crippen LogP contribution < -0.4 is 20.6 Å². The molecule has 0 radical (unpaired) electrons. The third-order valence-corrected chi connectivity index (χ3v) is 9.06. The van der Waals surface area contributed by atoms with Gasteiger partial charge >= 0.3 is 98.6 Å². The number of benzene rings is 4. The van der Waals surface area contributed by atoms with Gasteiger partial charge in [0.05, 0.1) is 15.8 Å². The number of halogens is 1. The summed E-state index contributed by atoms with van der Waals surface area (Å²) in [5.41, 5.74) is 1.56. The molecule has 1 aliphatic heterocycles. The van der Waals surface area contributed by atoms with Crippen molar-refractivity contribution in [2.24, 2.45) is 0 Å². The van der Waals surface area contributed by atoms with Gasteiger partial charge in [0, 0.05) is 6.07 Å². The molecule has 7 rings (SSSR count). The van der Waals surface area contributed by atoms with E-state index in [0.29, 0.717) is 22.6 Å². The first-order valence-electron chi connectivity index (χ1n) is 15.0. The number of rotatable bonds is 2. The molecule has 6 nitrogen and oxygen atoms in total. The van der Waals surface area contributed by atoms with Gasteiger partial charge in [-0.3, -0.25) is 4.79 Å². The van der Waals surface area contributed by atoms with E-state index in [4.69, 9.17) is 9.47 Å². The van der Waals surface area contributed by atoms with Crippen molar-refractivity contribution in [2.75, 3.05) is 6.79 Å². The zero-order valence-corrected chi connectivity index (χ0v) is 29.1. The molecule has 0 spiro atoms. The van der Waals surface area contributed by atoms with E-state index in [0.717, 1.165) is 15.8 Å². The van der Waals surface area contributed by atoms with E-state index in [1.54, 1.807) is 24.3 Å². The Morgan fingerprint density at radius 1 is 0.659 bits per heavy atom. The molecule has 0 aliphatic carbocycles. The zero-order chi connectivity index (χ0) is 32.6. The summed E-state index contributed by atoms with van der Waals surface area (Å²) in [5.74, 6) is 0.859. The maximum absolute atomic E-state index is 13.2. The third-order valence-electron chi connectivity index (χ3n) is 5.62. The number of ether oxygens (including phenoxy) is 2. The van der Waals surface area contributed by atoms with E-state index < -0.39 is 5.82 Å². The molecule has 6 aromatic rings. The monoisotopic (exact) mass is 684 g/mol. The van der Waals surface area contributed by atoms with Crippen LogP contribution in [0.1, 0.15) is 55.4 Å². The Hall–Kier alpha value is -3.91. The molecule has 234 valence electrons. The van der Waals surface area contributed by atoms with E-state index >= 15 is 0 Å². The van der Waals surface area contributed by atoms with Gasteiger partial charge < -0.3 is 9.47 Å². The van der Waals surface area contributed by atoms with Gasteiger partial charge in [-0.1, -0.05) is 66.9 Å². The van der Waals surface area contributed by atoms with Crippen LogP contribution in [-0.2, 0) is 0 Å². The van der Waals surface area contributed by atoms with Gasteiger partial charge in [-0.2, -0.15) is 0 Å². The predicted octanol–water partition coefficient (Wildman–Crippen LogP) is 9.07. The van der Waals surface area contributed by atoms with Crippen LogP contribution in [0.15, 0.2) is 101 Å². The fourth-order valence-electron chi connectivity index (χ4n) is 3.89. The summed E-state index contributed by atoms with van der Waals surface area (Å²) >= 11 is 1.35. The Bertz CT molecular complexity index is 1840. The van der Waals surface area contributed by atoms with Crippen molar-refractivity contribution < 1.29 is 13.9 Å². The van der Waals surface area contributed by atoms with E-state index in [2.05, 4.69) is 0 Å². The van der Waals surface area contributed by atoms with Crippen LogP contribution in [0.4, 0.5) is 4.39 Å². The van der Waals surface area contributed by atoms with Gasteiger partial charge in [0.15, 0.2) is 11.5 Å². The van der Waals surface area contributed by atoms with Gasteiger partial charge in [-0.15, -0.1) is 0 Å². The summed E-state index contributed by atoms with van der Waals surface area (Å²) in [6.45, 7) is 16.2. The molecule has 0 N–H and O–H groups in total. The molecule has 0 saturated heterocycles. The van der Waals surface area contributed by atoms with Crippen molar-refractivity contribution in [1.29, 1.82) is 0 Å². The van der Waals surface area contributed by atoms with Crippen molar-refractivity contribution in [3.63, 3.8) is 0 Å². The summed E-state index contributed by atoms with van der Waals surface area (Å²) in [4.78, 5) is 24.5. The Kier molecular flexibility index (Phi) is 15.4. The van der Waals surface area contributed by atoms with Crippen molar-refractivity contribution in [2.45, 2.75) is 55.4 Å². The van der Waals surface area contributed by atoms with E-state index in [1.165, 1.54) is 31.9 Å². The van der Waals surface area contributed by atoms with E-state index in [-0.39, 0.29) is 32.6 Å². The minimum atomic E-state index is -0.412. The average molecular weight is 684 g/mol. The molecule has 4 aromatic carbocycles. The Balaban J connectivity index is 0.000000254. The van der Waals surface area contributed by atoms with Gasteiger partial charge in [0.25, 0.3) is 5.56 Å². The molecule has 0 fully saturated rings. The topological polar surface area (TPSA) is 62.5 Å². The quantitative estimate of drug-likeness (QED) is 0.171. The van der Waals surface area contributed by atoms with Crippen LogP contribution in [0.25, 0.3) is 31.1 Å². The molecule has 0 atom stereocenters. The standard InChI is InChI=1S/C14H8FNO3S.C13H9NOSe.4C2H6/c15-8-1-4-13-10(5-8)14(17)16(20-13)9-2-3-11-12(6-9)19-7-18-11;15-13-11-8-4-5-9-12(11)16-14(13)10-6-2-1-3-7-10;4*1-2/h1-6H,7H2;1-9H;4*1-2H3. The van der Waals surface area contributed by atoms with Crippen molar-refractivity contribution in [3.8, 4) is 22.9 Å². The summed E-state index contributed by atoms with van der Waals surface area (Å²) < 4.78 is 29.1. The third kappa shape index (κ3) is 8.38. The molecule has 0 unspecified atom stereocenters. The first kappa shape index (κ1) is 36.3. The number of nitrogens with zero attached hydrogens (tertiary/aromatic N) is 2. The fourth-order valence-corrected chi connectivity index (χ4v) is 6.95. The number of aromatic nitrogens is 2. The zero-order valence-electron chi connectivity index (χ0n) is 26.6.